The minimum Gasteiger partial charge on any atom is -0.330 e. The molecule has 4 nitrogen and oxygen atoms in total. The van der Waals surface area contributed by atoms with Gasteiger partial charge in [0.05, 0.1) is 0 Å². The normalized spacial score (nSPS) is 16.0. The number of unbranched alkanes of at least 4 members (excludes halogenated alkanes) is 1. The van der Waals surface area contributed by atoms with Gasteiger partial charge in [-0.05, 0) is 31.8 Å². The Balaban J connectivity index is 3.52. The van der Waals surface area contributed by atoms with Gasteiger partial charge in [0.1, 0.15) is 0 Å². The van der Waals surface area contributed by atoms with E-state index in [1.54, 1.807) is 0 Å². The zero-order valence-electron chi connectivity index (χ0n) is 7.71. The van der Waals surface area contributed by atoms with Crippen LogP contribution in [0.5, 0.6) is 0 Å². The molecule has 0 heterocycles. The molecule has 0 bridgehead atoms. The van der Waals surface area contributed by atoms with Crippen molar-refractivity contribution < 1.29 is 0 Å². The maximum absolute atomic E-state index is 5.77. The molecule has 0 saturated heterocycles. The van der Waals surface area contributed by atoms with Crippen LogP contribution in [-0.2, 0) is 0 Å². The third-order valence-electron chi connectivity index (χ3n) is 2.21. The van der Waals surface area contributed by atoms with Gasteiger partial charge in [-0.25, -0.2) is 0 Å². The van der Waals surface area contributed by atoms with Crippen molar-refractivity contribution >= 4 is 0 Å². The fraction of sp³-hybridized carbons (Fsp3) is 1.00. The van der Waals surface area contributed by atoms with Crippen molar-refractivity contribution in [3.63, 3.8) is 0 Å². The minimum absolute atomic E-state index is 0.0489. The van der Waals surface area contributed by atoms with Gasteiger partial charge in [-0.1, -0.05) is 6.42 Å². The average Bonchev–Trinajstić information content (AvgIpc) is 2.11. The van der Waals surface area contributed by atoms with Gasteiger partial charge in [0.2, 0.25) is 0 Å². The van der Waals surface area contributed by atoms with Crippen LogP contribution in [0.4, 0.5) is 0 Å². The first-order valence-electron chi connectivity index (χ1n) is 4.62. The van der Waals surface area contributed by atoms with Crippen LogP contribution >= 0.6 is 0 Å². The zero-order chi connectivity index (χ0) is 9.40. The molecule has 8 N–H and O–H groups in total. The average molecular weight is 174 g/mol. The number of hydrogen-bond donors (Lipinski definition) is 4. The van der Waals surface area contributed by atoms with Crippen molar-refractivity contribution in [1.82, 2.24) is 0 Å². The van der Waals surface area contributed by atoms with Crippen LogP contribution < -0.4 is 22.9 Å². The van der Waals surface area contributed by atoms with E-state index < -0.39 is 0 Å². The van der Waals surface area contributed by atoms with Crippen LogP contribution in [0.3, 0.4) is 0 Å². The van der Waals surface area contributed by atoms with E-state index in [0.29, 0.717) is 19.0 Å². The van der Waals surface area contributed by atoms with Crippen LogP contribution in [0.25, 0.3) is 0 Å². The molecular weight excluding hydrogens is 152 g/mol. The van der Waals surface area contributed by atoms with Gasteiger partial charge in [0, 0.05) is 12.6 Å². The molecule has 0 fully saturated rings. The van der Waals surface area contributed by atoms with E-state index in [-0.39, 0.29) is 6.04 Å². The Kier molecular flexibility index (Phi) is 7.39. The second-order valence-corrected chi connectivity index (χ2v) is 3.18. The van der Waals surface area contributed by atoms with Crippen LogP contribution in [0.15, 0.2) is 0 Å². The molecule has 0 aliphatic rings. The molecule has 74 valence electrons. The molecule has 0 aromatic carbocycles. The minimum atomic E-state index is 0.0489. The predicted molar refractivity (Wildman–Crippen MR) is 52.5 cm³/mol. The van der Waals surface area contributed by atoms with Crippen LogP contribution in [0.2, 0.25) is 0 Å². The summed E-state index contributed by atoms with van der Waals surface area (Å²) in [7, 11) is 0. The zero-order valence-corrected chi connectivity index (χ0v) is 7.71. The first-order chi connectivity index (χ1) is 5.76. The molecule has 0 rings (SSSR count). The SMILES string of the molecule is NCCCCC(CN)C(N)CN. The van der Waals surface area contributed by atoms with Gasteiger partial charge in [0.25, 0.3) is 0 Å². The van der Waals surface area contributed by atoms with Gasteiger partial charge >= 0.3 is 0 Å². The summed E-state index contributed by atoms with van der Waals surface area (Å²) in [4.78, 5) is 0. The molecule has 0 radical (unpaired) electrons. The van der Waals surface area contributed by atoms with Crippen molar-refractivity contribution in [3.05, 3.63) is 0 Å². The van der Waals surface area contributed by atoms with Crippen LogP contribution in [0.1, 0.15) is 19.3 Å². The summed E-state index contributed by atoms with van der Waals surface area (Å²) in [6.07, 6.45) is 3.20. The third kappa shape index (κ3) is 4.66. The maximum atomic E-state index is 5.77. The largest absolute Gasteiger partial charge is 0.330 e. The van der Waals surface area contributed by atoms with E-state index in [2.05, 4.69) is 0 Å². The summed E-state index contributed by atoms with van der Waals surface area (Å²) in [5.74, 6) is 0.363. The van der Waals surface area contributed by atoms with E-state index in [9.17, 15) is 0 Å². The molecular formula is C8H22N4. The van der Waals surface area contributed by atoms with Crippen molar-refractivity contribution in [2.45, 2.75) is 25.3 Å². The lowest BCUT2D eigenvalue weighted by Crippen LogP contribution is -2.40. The number of rotatable bonds is 7. The van der Waals surface area contributed by atoms with Gasteiger partial charge < -0.3 is 22.9 Å². The Labute approximate surface area is 74.7 Å². The monoisotopic (exact) mass is 174 g/mol. The molecule has 0 aromatic heterocycles. The van der Waals surface area contributed by atoms with E-state index in [4.69, 9.17) is 22.9 Å². The number of hydrogen-bond acceptors (Lipinski definition) is 4. The highest BCUT2D eigenvalue weighted by molar-refractivity contribution is 4.74. The Bertz CT molecular complexity index is 97.1. The summed E-state index contributed by atoms with van der Waals surface area (Å²) >= 11 is 0. The second kappa shape index (κ2) is 7.49. The Morgan fingerprint density at radius 3 is 2.00 bits per heavy atom. The Morgan fingerprint density at radius 1 is 0.917 bits per heavy atom. The highest BCUT2D eigenvalue weighted by Crippen LogP contribution is 2.09. The molecule has 12 heavy (non-hydrogen) atoms. The molecule has 4 heteroatoms. The van der Waals surface area contributed by atoms with Gasteiger partial charge in [0.15, 0.2) is 0 Å². The second-order valence-electron chi connectivity index (χ2n) is 3.18. The summed E-state index contributed by atoms with van der Waals surface area (Å²) in [6, 6.07) is 0.0489. The molecule has 0 aliphatic heterocycles. The molecule has 0 spiro atoms. The third-order valence-corrected chi connectivity index (χ3v) is 2.21. The van der Waals surface area contributed by atoms with Gasteiger partial charge in [-0.2, -0.15) is 0 Å². The van der Waals surface area contributed by atoms with Gasteiger partial charge in [-0.3, -0.25) is 0 Å². The summed E-state index contributed by atoms with van der Waals surface area (Å²) in [6.45, 7) is 1.89. The van der Waals surface area contributed by atoms with Crippen molar-refractivity contribution in [3.8, 4) is 0 Å². The topological polar surface area (TPSA) is 104 Å². The standard InChI is InChI=1S/C8H22N4/c9-4-2-1-3-7(5-10)8(12)6-11/h7-8H,1-6,9-12H2. The highest BCUT2D eigenvalue weighted by atomic mass is 14.7. The molecule has 0 amide bonds. The predicted octanol–water partition coefficient (Wildman–Crippen LogP) is -1.02. The lowest BCUT2D eigenvalue weighted by atomic mass is 9.94. The Morgan fingerprint density at radius 2 is 1.58 bits per heavy atom. The van der Waals surface area contributed by atoms with E-state index in [1.807, 2.05) is 0 Å². The summed E-state index contributed by atoms with van der Waals surface area (Å²) in [5.41, 5.74) is 22.2. The van der Waals surface area contributed by atoms with Gasteiger partial charge in [-0.15, -0.1) is 0 Å². The molecule has 2 unspecified atom stereocenters. The van der Waals surface area contributed by atoms with Crippen molar-refractivity contribution in [2.24, 2.45) is 28.9 Å². The molecule has 0 aliphatic carbocycles. The first-order valence-corrected chi connectivity index (χ1v) is 4.62. The maximum Gasteiger partial charge on any atom is 0.0203 e. The van der Waals surface area contributed by atoms with Crippen molar-refractivity contribution in [1.29, 1.82) is 0 Å². The lowest BCUT2D eigenvalue weighted by Gasteiger charge is -2.20. The Hall–Kier alpha value is -0.160. The first kappa shape index (κ1) is 11.8. The van der Waals surface area contributed by atoms with E-state index >= 15 is 0 Å². The smallest absolute Gasteiger partial charge is 0.0203 e. The highest BCUT2D eigenvalue weighted by Gasteiger charge is 2.13. The molecule has 0 aromatic rings. The van der Waals surface area contributed by atoms with Crippen molar-refractivity contribution in [2.75, 3.05) is 19.6 Å². The quantitative estimate of drug-likeness (QED) is 0.371. The van der Waals surface area contributed by atoms with E-state index in [0.717, 1.165) is 25.8 Å². The molecule has 0 saturated carbocycles. The van der Waals surface area contributed by atoms with Crippen LogP contribution in [-0.4, -0.2) is 25.7 Å². The van der Waals surface area contributed by atoms with E-state index in [1.165, 1.54) is 0 Å². The summed E-state index contributed by atoms with van der Waals surface area (Å²) < 4.78 is 0. The fourth-order valence-corrected chi connectivity index (χ4v) is 1.25. The lowest BCUT2D eigenvalue weighted by molar-refractivity contribution is 0.393. The molecule has 2 atom stereocenters. The van der Waals surface area contributed by atoms with Crippen LogP contribution in [0, 0.1) is 5.92 Å². The fourth-order valence-electron chi connectivity index (χ4n) is 1.25. The number of nitrogens with two attached hydrogens (primary N) is 4. The summed E-state index contributed by atoms with van der Waals surface area (Å²) in [5, 5.41) is 0.